The van der Waals surface area contributed by atoms with E-state index in [0.717, 1.165) is 28.3 Å². The van der Waals surface area contributed by atoms with E-state index >= 15 is 0 Å². The number of aliphatic imine (C=N–C) groups is 1. The van der Waals surface area contributed by atoms with E-state index in [1.807, 2.05) is 74.6 Å². The van der Waals surface area contributed by atoms with Crippen molar-refractivity contribution in [3.63, 3.8) is 0 Å². The number of fused-ring (bicyclic) bond motifs is 3. The lowest BCUT2D eigenvalue weighted by Gasteiger charge is -2.20. The van der Waals surface area contributed by atoms with Crippen LogP contribution in [0.3, 0.4) is 0 Å². The number of ketones is 2. The van der Waals surface area contributed by atoms with Crippen LogP contribution in [0.4, 0.5) is 15.8 Å². The quantitative estimate of drug-likeness (QED) is 0.352. The van der Waals surface area contributed by atoms with Crippen molar-refractivity contribution in [1.82, 2.24) is 0 Å². The van der Waals surface area contributed by atoms with E-state index in [4.69, 9.17) is 4.99 Å². The number of allylic oxidation sites excluding steroid dienone is 10. The molecule has 0 saturated carbocycles. The third kappa shape index (κ3) is 4.14. The molecule has 37 heavy (non-hydrogen) atoms. The van der Waals surface area contributed by atoms with Gasteiger partial charge < -0.3 is 5.32 Å². The van der Waals surface area contributed by atoms with E-state index in [1.54, 1.807) is 12.1 Å². The van der Waals surface area contributed by atoms with Crippen molar-refractivity contribution < 1.29 is 14.0 Å². The highest BCUT2D eigenvalue weighted by atomic mass is 19.1. The van der Waals surface area contributed by atoms with Crippen LogP contribution in [0, 0.1) is 0 Å². The first-order valence-electron chi connectivity index (χ1n) is 12.4. The molecule has 2 aliphatic heterocycles. The first-order valence-corrected chi connectivity index (χ1v) is 12.4. The Labute approximate surface area is 216 Å². The van der Waals surface area contributed by atoms with Crippen LogP contribution < -0.4 is 5.32 Å². The van der Waals surface area contributed by atoms with Crippen molar-refractivity contribution in [1.29, 1.82) is 0 Å². The lowest BCUT2D eigenvalue weighted by Crippen LogP contribution is -2.23. The molecule has 1 atom stereocenters. The summed E-state index contributed by atoms with van der Waals surface area (Å²) in [5.74, 6) is -1.49. The second-order valence-electron chi connectivity index (χ2n) is 10.5. The predicted octanol–water partition coefficient (Wildman–Crippen LogP) is 7.28. The number of halogens is 1. The molecule has 0 saturated heterocycles. The van der Waals surface area contributed by atoms with Gasteiger partial charge in [-0.05, 0) is 41.5 Å². The van der Waals surface area contributed by atoms with Crippen molar-refractivity contribution in [2.45, 2.75) is 44.7 Å². The summed E-state index contributed by atoms with van der Waals surface area (Å²) in [5, 5.41) is 3.33. The molecule has 186 valence electrons. The number of carbonyl (C=O) groups is 2. The van der Waals surface area contributed by atoms with E-state index < -0.39 is 23.2 Å². The molecule has 2 heterocycles. The number of Topliss-reactive ketones (excluding diaryl/α,β-unsaturated/α-hetero) is 2. The predicted molar refractivity (Wildman–Crippen MR) is 148 cm³/mol. The van der Waals surface area contributed by atoms with Gasteiger partial charge in [-0.15, -0.1) is 0 Å². The first kappa shape index (κ1) is 24.6. The van der Waals surface area contributed by atoms with Gasteiger partial charge in [-0.25, -0.2) is 4.39 Å². The molecule has 0 bridgehead atoms. The fourth-order valence-electron chi connectivity index (χ4n) is 5.09. The lowest BCUT2D eigenvalue weighted by molar-refractivity contribution is 0.0791. The molecule has 0 radical (unpaired) electrons. The van der Waals surface area contributed by atoms with Gasteiger partial charge in [0.25, 0.3) is 0 Å². The van der Waals surface area contributed by atoms with Gasteiger partial charge in [-0.3, -0.25) is 14.6 Å². The summed E-state index contributed by atoms with van der Waals surface area (Å²) in [7, 11) is 0. The smallest absolute Gasteiger partial charge is 0.225 e. The molecule has 1 aliphatic carbocycles. The van der Waals surface area contributed by atoms with Gasteiger partial charge in [-0.1, -0.05) is 88.4 Å². The number of nitrogens with zero attached hydrogens (tertiary/aromatic N) is 1. The van der Waals surface area contributed by atoms with E-state index in [9.17, 15) is 14.0 Å². The van der Waals surface area contributed by atoms with Gasteiger partial charge in [0.15, 0.2) is 0 Å². The zero-order chi connectivity index (χ0) is 26.4. The van der Waals surface area contributed by atoms with E-state index in [1.165, 1.54) is 5.56 Å². The molecule has 2 aromatic rings. The highest BCUT2D eigenvalue weighted by molar-refractivity contribution is 6.29. The summed E-state index contributed by atoms with van der Waals surface area (Å²) >= 11 is 0. The van der Waals surface area contributed by atoms with Gasteiger partial charge in [0.05, 0.1) is 11.4 Å². The monoisotopic (exact) mass is 492 g/mol. The second-order valence-corrected chi connectivity index (χ2v) is 10.5. The molecule has 0 aromatic heterocycles. The number of rotatable bonds is 5. The molecule has 0 spiro atoms. The Morgan fingerprint density at radius 1 is 0.811 bits per heavy atom. The fraction of sp³-hybridized carbons (Fsp3) is 0.219. The van der Waals surface area contributed by atoms with Crippen molar-refractivity contribution in [2.75, 3.05) is 5.32 Å². The SMILES string of the molecule is CC1(C)C(/C=C/C=C/C=C/C=C/C=C2\Nc3cc4c(cc3C2(C)C)C(=O)C(F)C4=O)=Nc2ccccc21. The molecule has 0 fully saturated rings. The molecule has 1 N–H and O–H groups in total. The Kier molecular flexibility index (Phi) is 6.03. The van der Waals surface area contributed by atoms with Gasteiger partial charge in [-0.2, -0.15) is 0 Å². The average Bonchev–Trinajstić information content (AvgIpc) is 3.37. The van der Waals surface area contributed by atoms with Crippen LogP contribution in [-0.4, -0.2) is 23.4 Å². The highest BCUT2D eigenvalue weighted by Crippen LogP contribution is 2.46. The maximum atomic E-state index is 13.9. The average molecular weight is 493 g/mol. The van der Waals surface area contributed by atoms with Crippen LogP contribution >= 0.6 is 0 Å². The van der Waals surface area contributed by atoms with E-state index in [-0.39, 0.29) is 16.5 Å². The summed E-state index contributed by atoms with van der Waals surface area (Å²) in [6, 6.07) is 11.5. The van der Waals surface area contributed by atoms with Crippen molar-refractivity contribution in [3.05, 3.63) is 119 Å². The van der Waals surface area contributed by atoms with Gasteiger partial charge in [0.2, 0.25) is 17.7 Å². The van der Waals surface area contributed by atoms with Crippen LogP contribution in [0.1, 0.15) is 59.5 Å². The summed E-state index contributed by atoms with van der Waals surface area (Å²) in [4.78, 5) is 28.9. The molecule has 5 heteroatoms. The number of benzene rings is 2. The van der Waals surface area contributed by atoms with Crippen LogP contribution in [-0.2, 0) is 10.8 Å². The fourth-order valence-corrected chi connectivity index (χ4v) is 5.09. The number of hydrogen-bond donors (Lipinski definition) is 1. The molecule has 4 nitrogen and oxygen atoms in total. The highest BCUT2D eigenvalue weighted by Gasteiger charge is 2.43. The van der Waals surface area contributed by atoms with Gasteiger partial charge in [0.1, 0.15) is 0 Å². The number of para-hydroxylation sites is 1. The molecule has 5 rings (SSSR count). The minimum Gasteiger partial charge on any atom is -0.358 e. The van der Waals surface area contributed by atoms with Crippen molar-refractivity contribution >= 4 is 28.7 Å². The van der Waals surface area contributed by atoms with E-state index in [2.05, 4.69) is 37.4 Å². The van der Waals surface area contributed by atoms with Crippen LogP contribution in [0.5, 0.6) is 0 Å². The standard InChI is InChI=1S/C32H29FN2O2/c1-31(2)22-14-12-13-15-24(22)34-26(31)16-10-8-6-5-7-9-11-17-27-32(3,4)23-18-20-21(19-25(23)35-27)30(37)28(33)29(20)36/h5-19,28,35H,1-4H3/b7-5+,8-6+,11-9+,16-10+,27-17-. The van der Waals surface area contributed by atoms with E-state index in [0.29, 0.717) is 0 Å². The lowest BCUT2D eigenvalue weighted by atomic mass is 9.81. The zero-order valence-electron chi connectivity index (χ0n) is 21.4. The molecule has 3 aliphatic rings. The Balaban J connectivity index is 1.21. The number of carbonyl (C=O) groups excluding carboxylic acids is 2. The Hall–Kier alpha value is -4.12. The van der Waals surface area contributed by atoms with Crippen LogP contribution in [0.15, 0.2) is 102 Å². The van der Waals surface area contributed by atoms with Crippen LogP contribution in [0.2, 0.25) is 0 Å². The third-order valence-corrected chi connectivity index (χ3v) is 7.41. The molecule has 2 aromatic carbocycles. The maximum Gasteiger partial charge on any atom is 0.225 e. The summed E-state index contributed by atoms with van der Waals surface area (Å²) in [5.41, 5.74) is 5.72. The van der Waals surface area contributed by atoms with Crippen molar-refractivity contribution in [3.8, 4) is 0 Å². The number of hydrogen-bond acceptors (Lipinski definition) is 4. The minimum atomic E-state index is -2.07. The third-order valence-electron chi connectivity index (χ3n) is 7.41. The largest absolute Gasteiger partial charge is 0.358 e. The second kappa shape index (κ2) is 9.07. The Bertz CT molecular complexity index is 1500. The Morgan fingerprint density at radius 3 is 2.14 bits per heavy atom. The topological polar surface area (TPSA) is 58.5 Å². The first-order chi connectivity index (χ1) is 17.6. The summed E-state index contributed by atoms with van der Waals surface area (Å²) < 4.78 is 13.9. The minimum absolute atomic E-state index is 0.102. The summed E-state index contributed by atoms with van der Waals surface area (Å²) in [6.07, 6.45) is 15.7. The molecule has 1 unspecified atom stereocenters. The van der Waals surface area contributed by atoms with Gasteiger partial charge in [0, 0.05) is 33.3 Å². The van der Waals surface area contributed by atoms with Crippen LogP contribution in [0.25, 0.3) is 0 Å². The molecular formula is C32H29FN2O2. The Morgan fingerprint density at radius 2 is 1.43 bits per heavy atom. The zero-order valence-corrected chi connectivity index (χ0v) is 21.4. The number of alkyl halides is 1. The van der Waals surface area contributed by atoms with Gasteiger partial charge >= 0.3 is 0 Å². The maximum absolute atomic E-state index is 13.9. The number of anilines is 1. The normalized spacial score (nSPS) is 22.5. The molecule has 0 amide bonds. The van der Waals surface area contributed by atoms with Crippen molar-refractivity contribution in [2.24, 2.45) is 4.99 Å². The number of nitrogens with one attached hydrogen (secondary N) is 1. The molecular weight excluding hydrogens is 463 g/mol. The summed E-state index contributed by atoms with van der Waals surface area (Å²) in [6.45, 7) is 8.45.